The van der Waals surface area contributed by atoms with Gasteiger partial charge in [-0.2, -0.15) is 0 Å². The van der Waals surface area contributed by atoms with Gasteiger partial charge in [-0.05, 0) is 88.5 Å². The number of carbonyl (C=O) groups excluding carboxylic acids is 2. The average molecular weight is 373 g/mol. The second-order valence-corrected chi connectivity index (χ2v) is 11.1. The van der Waals surface area contributed by atoms with E-state index in [9.17, 15) is 9.59 Å². The largest absolute Gasteiger partial charge is 0.351 e. The number of amides is 2. The van der Waals surface area contributed by atoms with E-state index in [-0.39, 0.29) is 40.1 Å². The first-order valence-corrected chi connectivity index (χ1v) is 10.9. The molecule has 0 aromatic rings. The monoisotopic (exact) mass is 372 g/mol. The molecular formula is C23H36N2O2. The molecule has 0 saturated heterocycles. The lowest BCUT2D eigenvalue weighted by Gasteiger charge is -2.58. The molecule has 1 heterocycles. The van der Waals surface area contributed by atoms with Crippen molar-refractivity contribution in [2.45, 2.75) is 84.7 Å². The maximum absolute atomic E-state index is 13.0. The highest BCUT2D eigenvalue weighted by atomic mass is 16.2. The molecule has 0 radical (unpaired) electrons. The van der Waals surface area contributed by atoms with Gasteiger partial charge in [-0.15, -0.1) is 0 Å². The van der Waals surface area contributed by atoms with Crippen LogP contribution in [0.25, 0.3) is 0 Å². The highest BCUT2D eigenvalue weighted by molar-refractivity contribution is 5.89. The lowest BCUT2D eigenvalue weighted by Crippen LogP contribution is -2.59. The minimum absolute atomic E-state index is 0.0661. The Morgan fingerprint density at radius 2 is 1.85 bits per heavy atom. The molecule has 2 N–H and O–H groups in total. The standard InChI is InChI=1S/C23H36N2O2/c1-21(2,3)25-20(27)17-8-7-15-14-6-9-18-23(5,13-11-19(26)24-18)16(14)10-12-22(15,17)4/h11,13-18H,6-10,12H2,1-5H3,(H,24,26)(H,25,27)/t14?,15?,16?,17-,18-,22?,23?/m1/s1. The van der Waals surface area contributed by atoms with Crippen LogP contribution in [-0.4, -0.2) is 23.4 Å². The number of nitrogens with one attached hydrogen (secondary N) is 2. The molecule has 0 aromatic carbocycles. The highest BCUT2D eigenvalue weighted by Gasteiger charge is 2.60. The van der Waals surface area contributed by atoms with Crippen molar-refractivity contribution >= 4 is 11.8 Å². The summed E-state index contributed by atoms with van der Waals surface area (Å²) in [6.07, 6.45) is 10.7. The van der Waals surface area contributed by atoms with Gasteiger partial charge in [-0.1, -0.05) is 19.9 Å². The molecule has 3 aliphatic carbocycles. The van der Waals surface area contributed by atoms with E-state index in [4.69, 9.17) is 0 Å². The fourth-order valence-corrected chi connectivity index (χ4v) is 7.22. The average Bonchev–Trinajstić information content (AvgIpc) is 2.91. The number of carbonyl (C=O) groups is 2. The zero-order chi connectivity index (χ0) is 19.6. The molecule has 4 nitrogen and oxygen atoms in total. The molecule has 4 aliphatic rings. The predicted octanol–water partition coefficient (Wildman–Crippen LogP) is 3.81. The van der Waals surface area contributed by atoms with Crippen LogP contribution in [0.3, 0.4) is 0 Å². The fraction of sp³-hybridized carbons (Fsp3) is 0.826. The molecule has 3 saturated carbocycles. The third-order valence-electron chi connectivity index (χ3n) is 8.50. The summed E-state index contributed by atoms with van der Waals surface area (Å²) in [5.41, 5.74) is 0.0323. The molecule has 3 fully saturated rings. The summed E-state index contributed by atoms with van der Waals surface area (Å²) >= 11 is 0. The Hall–Kier alpha value is -1.32. The van der Waals surface area contributed by atoms with Gasteiger partial charge in [0.05, 0.1) is 0 Å². The number of hydrogen-bond acceptors (Lipinski definition) is 2. The smallest absolute Gasteiger partial charge is 0.243 e. The van der Waals surface area contributed by atoms with Crippen LogP contribution < -0.4 is 10.6 Å². The van der Waals surface area contributed by atoms with Gasteiger partial charge in [0.1, 0.15) is 0 Å². The summed E-state index contributed by atoms with van der Waals surface area (Å²) in [7, 11) is 0. The second-order valence-electron chi connectivity index (χ2n) is 11.1. The Kier molecular flexibility index (Phi) is 4.29. The summed E-state index contributed by atoms with van der Waals surface area (Å²) in [5, 5.41) is 6.48. The van der Waals surface area contributed by atoms with E-state index in [0.29, 0.717) is 17.8 Å². The van der Waals surface area contributed by atoms with Gasteiger partial charge in [0.25, 0.3) is 0 Å². The van der Waals surface area contributed by atoms with Crippen molar-refractivity contribution in [2.75, 3.05) is 0 Å². The molecule has 0 spiro atoms. The van der Waals surface area contributed by atoms with E-state index in [1.807, 2.05) is 0 Å². The minimum atomic E-state index is -0.167. The Bertz CT molecular complexity index is 678. The molecule has 7 atom stereocenters. The lowest BCUT2D eigenvalue weighted by molar-refractivity contribution is -0.135. The third-order valence-corrected chi connectivity index (χ3v) is 8.50. The molecule has 4 rings (SSSR count). The molecule has 4 heteroatoms. The third kappa shape index (κ3) is 2.94. The summed E-state index contributed by atoms with van der Waals surface area (Å²) < 4.78 is 0. The van der Waals surface area contributed by atoms with Crippen molar-refractivity contribution in [1.82, 2.24) is 10.6 Å². The van der Waals surface area contributed by atoms with Crippen LogP contribution in [0.4, 0.5) is 0 Å². The van der Waals surface area contributed by atoms with Crippen LogP contribution in [-0.2, 0) is 9.59 Å². The van der Waals surface area contributed by atoms with Crippen LogP contribution in [0.2, 0.25) is 0 Å². The zero-order valence-corrected chi connectivity index (χ0v) is 17.6. The second kappa shape index (κ2) is 6.09. The molecule has 1 aliphatic heterocycles. The van der Waals surface area contributed by atoms with Crippen LogP contribution in [0.1, 0.15) is 73.1 Å². The first kappa shape index (κ1) is 19.0. The van der Waals surface area contributed by atoms with E-state index in [0.717, 1.165) is 19.3 Å². The normalized spacial score (nSPS) is 46.1. The van der Waals surface area contributed by atoms with Gasteiger partial charge in [-0.25, -0.2) is 0 Å². The van der Waals surface area contributed by atoms with Crippen LogP contribution in [0.15, 0.2) is 12.2 Å². The van der Waals surface area contributed by atoms with Crippen molar-refractivity contribution < 1.29 is 9.59 Å². The summed E-state index contributed by atoms with van der Waals surface area (Å²) in [4.78, 5) is 24.9. The van der Waals surface area contributed by atoms with Crippen molar-refractivity contribution in [3.05, 3.63) is 12.2 Å². The van der Waals surface area contributed by atoms with E-state index in [2.05, 4.69) is 51.3 Å². The van der Waals surface area contributed by atoms with Crippen molar-refractivity contribution in [1.29, 1.82) is 0 Å². The number of hydrogen-bond donors (Lipinski definition) is 2. The highest BCUT2D eigenvalue weighted by Crippen LogP contribution is 2.65. The van der Waals surface area contributed by atoms with E-state index in [1.54, 1.807) is 6.08 Å². The van der Waals surface area contributed by atoms with Gasteiger partial charge in [0.15, 0.2) is 0 Å². The van der Waals surface area contributed by atoms with Crippen molar-refractivity contribution in [3.63, 3.8) is 0 Å². The van der Waals surface area contributed by atoms with Crippen LogP contribution in [0, 0.1) is 34.5 Å². The Morgan fingerprint density at radius 3 is 2.56 bits per heavy atom. The summed E-state index contributed by atoms with van der Waals surface area (Å²) in [6, 6.07) is 0.280. The minimum Gasteiger partial charge on any atom is -0.351 e. The SMILES string of the molecule is CC(C)(C)NC(=O)[C@H]1CCC2C3CC[C@H]4NC(=O)C=CC4(C)C3CCC21C. The van der Waals surface area contributed by atoms with Gasteiger partial charge in [0, 0.05) is 22.9 Å². The Labute approximate surface area is 163 Å². The fourth-order valence-electron chi connectivity index (χ4n) is 7.22. The van der Waals surface area contributed by atoms with Gasteiger partial charge in [-0.3, -0.25) is 9.59 Å². The van der Waals surface area contributed by atoms with E-state index in [1.165, 1.54) is 19.3 Å². The van der Waals surface area contributed by atoms with Crippen molar-refractivity contribution in [2.24, 2.45) is 34.5 Å². The molecule has 27 heavy (non-hydrogen) atoms. The van der Waals surface area contributed by atoms with Gasteiger partial charge >= 0.3 is 0 Å². The topological polar surface area (TPSA) is 58.2 Å². The van der Waals surface area contributed by atoms with Crippen LogP contribution >= 0.6 is 0 Å². The molecular weight excluding hydrogens is 336 g/mol. The summed E-state index contributed by atoms with van der Waals surface area (Å²) in [5.74, 6) is 2.41. The first-order valence-electron chi connectivity index (χ1n) is 10.9. The number of fused-ring (bicyclic) bond motifs is 5. The van der Waals surface area contributed by atoms with Gasteiger partial charge < -0.3 is 10.6 Å². The maximum Gasteiger partial charge on any atom is 0.243 e. The molecule has 0 aromatic heterocycles. The van der Waals surface area contributed by atoms with E-state index >= 15 is 0 Å². The Balaban J connectivity index is 1.58. The summed E-state index contributed by atoms with van der Waals surface area (Å²) in [6.45, 7) is 11.0. The zero-order valence-electron chi connectivity index (χ0n) is 17.6. The lowest BCUT2D eigenvalue weighted by atomic mass is 9.48. The molecule has 150 valence electrons. The predicted molar refractivity (Wildman–Crippen MR) is 107 cm³/mol. The molecule has 5 unspecified atom stereocenters. The number of rotatable bonds is 1. The Morgan fingerprint density at radius 1 is 1.11 bits per heavy atom. The van der Waals surface area contributed by atoms with Crippen LogP contribution in [0.5, 0.6) is 0 Å². The molecule has 0 bridgehead atoms. The maximum atomic E-state index is 13.0. The van der Waals surface area contributed by atoms with E-state index < -0.39 is 0 Å². The van der Waals surface area contributed by atoms with Crippen molar-refractivity contribution in [3.8, 4) is 0 Å². The van der Waals surface area contributed by atoms with Gasteiger partial charge in [0.2, 0.25) is 11.8 Å². The first-order chi connectivity index (χ1) is 12.5. The molecule has 2 amide bonds. The quantitative estimate of drug-likeness (QED) is 0.735.